The zero-order valence-electron chi connectivity index (χ0n) is 15.4. The molecule has 1 amide bonds. The van der Waals surface area contributed by atoms with Gasteiger partial charge in [0, 0.05) is 29.6 Å². The van der Waals surface area contributed by atoms with Gasteiger partial charge in [-0.3, -0.25) is 4.68 Å². The summed E-state index contributed by atoms with van der Waals surface area (Å²) >= 11 is 0. The van der Waals surface area contributed by atoms with Gasteiger partial charge in [-0.15, -0.1) is 7.05 Å². The first-order valence-electron chi connectivity index (χ1n) is 8.41. The first-order chi connectivity index (χ1) is 12.6. The van der Waals surface area contributed by atoms with Crippen molar-refractivity contribution >= 4 is 11.6 Å². The van der Waals surface area contributed by atoms with Crippen molar-refractivity contribution in [2.75, 3.05) is 11.9 Å². The number of amides is 1. The minimum absolute atomic E-state index is 0. The Kier molecular flexibility index (Phi) is 6.63. The zero-order chi connectivity index (χ0) is 18.1. The number of rotatable bonds is 4. The molecule has 27 heavy (non-hydrogen) atoms. The summed E-state index contributed by atoms with van der Waals surface area (Å²) in [6.07, 6.45) is 2.04. The van der Waals surface area contributed by atoms with E-state index in [0.29, 0.717) is 18.7 Å². The van der Waals surface area contributed by atoms with Gasteiger partial charge in [0.25, 0.3) is 0 Å². The third-order valence-electron chi connectivity index (χ3n) is 4.55. The third kappa shape index (κ3) is 4.56. The topological polar surface area (TPSA) is 52.2 Å². The summed E-state index contributed by atoms with van der Waals surface area (Å²) in [6, 6.07) is 14.0. The molecule has 0 spiro atoms. The van der Waals surface area contributed by atoms with Crippen LogP contribution in [0.5, 0.6) is 0 Å². The van der Waals surface area contributed by atoms with E-state index in [-0.39, 0.29) is 69.9 Å². The standard InChI is InChI=1S/C20H19FN4O.Rb/c1-22-20(26)15-3-2-4-18(9-15)24-11-16-12-25(23-19(16)13-24)10-14-5-7-17(21)8-6-14;/h2-9,12H,10-11,13H2,1H3,(H,22,26);/q;+1/p-1. The fourth-order valence-corrected chi connectivity index (χ4v) is 3.22. The molecule has 5 nitrogen and oxygen atoms in total. The number of carbonyl (C=O) groups is 1. The molecule has 0 bridgehead atoms. The number of aromatic nitrogens is 2. The second-order valence-corrected chi connectivity index (χ2v) is 6.36. The van der Waals surface area contributed by atoms with Gasteiger partial charge >= 0.3 is 58.2 Å². The molecule has 0 saturated carbocycles. The number of carbonyl (C=O) groups excluding carboxylic acids is 1. The quantitative estimate of drug-likeness (QED) is 0.608. The molecule has 1 aliphatic rings. The summed E-state index contributed by atoms with van der Waals surface area (Å²) in [5.41, 5.74) is 4.80. The maximum absolute atomic E-state index is 13.0. The molecule has 1 aliphatic heterocycles. The fraction of sp³-hybridized carbons (Fsp3) is 0.200. The molecular formula is C20H18FN4ORb. The summed E-state index contributed by atoms with van der Waals surface area (Å²) in [6.45, 7) is 2.07. The number of hydrogen-bond donors (Lipinski definition) is 0. The van der Waals surface area contributed by atoms with Crippen LogP contribution < -0.4 is 63.1 Å². The summed E-state index contributed by atoms with van der Waals surface area (Å²) in [5, 5.41) is 8.37. The summed E-state index contributed by atoms with van der Waals surface area (Å²) in [5.74, 6) is -0.447. The number of benzene rings is 2. The molecular weight excluding hydrogens is 417 g/mol. The van der Waals surface area contributed by atoms with Crippen LogP contribution in [0.25, 0.3) is 5.32 Å². The van der Waals surface area contributed by atoms with Crippen LogP contribution in [-0.2, 0) is 19.6 Å². The maximum Gasteiger partial charge on any atom is 1.00 e. The predicted octanol–water partition coefficient (Wildman–Crippen LogP) is 0.738. The number of hydrogen-bond acceptors (Lipinski definition) is 3. The van der Waals surface area contributed by atoms with Gasteiger partial charge in [0.1, 0.15) is 5.82 Å². The molecule has 1 aromatic heterocycles. The summed E-state index contributed by atoms with van der Waals surface area (Å²) < 4.78 is 14.9. The van der Waals surface area contributed by atoms with Gasteiger partial charge in [0.15, 0.2) is 0 Å². The van der Waals surface area contributed by atoms with Crippen LogP contribution in [0.1, 0.15) is 27.2 Å². The predicted molar refractivity (Wildman–Crippen MR) is 97.7 cm³/mol. The number of anilines is 1. The summed E-state index contributed by atoms with van der Waals surface area (Å²) in [4.78, 5) is 14.0. The van der Waals surface area contributed by atoms with Gasteiger partial charge in [0.05, 0.1) is 24.7 Å². The van der Waals surface area contributed by atoms with Crippen LogP contribution in [0, 0.1) is 5.82 Å². The first-order valence-corrected chi connectivity index (χ1v) is 8.41. The Hall–Kier alpha value is -1.34. The average molecular weight is 435 g/mol. The van der Waals surface area contributed by atoms with Crippen LogP contribution in [0.2, 0.25) is 0 Å². The molecule has 0 unspecified atom stereocenters. The molecule has 0 saturated heterocycles. The molecule has 4 rings (SSSR count). The molecule has 0 radical (unpaired) electrons. The van der Waals surface area contributed by atoms with Crippen molar-refractivity contribution in [2.24, 2.45) is 0 Å². The van der Waals surface area contributed by atoms with E-state index in [1.54, 1.807) is 18.2 Å². The van der Waals surface area contributed by atoms with Crippen molar-refractivity contribution in [3.05, 3.63) is 88.2 Å². The van der Waals surface area contributed by atoms with Gasteiger partial charge in [-0.25, -0.2) is 4.39 Å². The average Bonchev–Trinajstić information content (AvgIpc) is 3.21. The van der Waals surface area contributed by atoms with E-state index in [1.165, 1.54) is 24.7 Å². The molecule has 7 heteroatoms. The Morgan fingerprint density at radius 1 is 1.19 bits per heavy atom. The Morgan fingerprint density at radius 2 is 1.96 bits per heavy atom. The normalized spacial score (nSPS) is 12.4. The second-order valence-electron chi connectivity index (χ2n) is 6.36. The Balaban J connectivity index is 0.00000210. The van der Waals surface area contributed by atoms with Crippen molar-refractivity contribution in [3.8, 4) is 0 Å². The smallest absolute Gasteiger partial charge is 0.652 e. The number of nitrogens with zero attached hydrogens (tertiary/aromatic N) is 4. The van der Waals surface area contributed by atoms with E-state index in [1.807, 2.05) is 29.1 Å². The minimum Gasteiger partial charge on any atom is -0.652 e. The van der Waals surface area contributed by atoms with Crippen LogP contribution in [0.15, 0.2) is 54.7 Å². The zero-order valence-corrected chi connectivity index (χ0v) is 20.3. The van der Waals surface area contributed by atoms with Gasteiger partial charge in [-0.2, -0.15) is 5.10 Å². The fourth-order valence-electron chi connectivity index (χ4n) is 3.22. The Labute approximate surface area is 206 Å². The van der Waals surface area contributed by atoms with Crippen molar-refractivity contribution in [1.29, 1.82) is 0 Å². The van der Waals surface area contributed by atoms with E-state index in [9.17, 15) is 9.18 Å². The van der Waals surface area contributed by atoms with E-state index in [2.05, 4.69) is 15.3 Å². The molecule has 0 aliphatic carbocycles. The SMILES string of the molecule is C[N-]C(=O)c1cccc(N2Cc3cn(Cc4ccc(F)cc4)nc3C2)c1.[Rb+]. The van der Waals surface area contributed by atoms with Gasteiger partial charge in [-0.1, -0.05) is 24.3 Å². The minimum atomic E-state index is -0.232. The van der Waals surface area contributed by atoms with Crippen molar-refractivity contribution in [2.45, 2.75) is 19.6 Å². The van der Waals surface area contributed by atoms with E-state index in [4.69, 9.17) is 0 Å². The van der Waals surface area contributed by atoms with Crippen LogP contribution in [0.4, 0.5) is 10.1 Å². The van der Waals surface area contributed by atoms with Crippen molar-refractivity contribution in [1.82, 2.24) is 9.78 Å². The first kappa shape index (κ1) is 20.4. The van der Waals surface area contributed by atoms with E-state index in [0.717, 1.165) is 23.5 Å². The van der Waals surface area contributed by atoms with Crippen LogP contribution in [-0.4, -0.2) is 22.7 Å². The largest absolute Gasteiger partial charge is 1.00 e. The Morgan fingerprint density at radius 3 is 2.67 bits per heavy atom. The van der Waals surface area contributed by atoms with Crippen LogP contribution >= 0.6 is 0 Å². The van der Waals surface area contributed by atoms with E-state index >= 15 is 0 Å². The molecule has 0 fully saturated rings. The number of fused-ring (bicyclic) bond motifs is 1. The molecule has 132 valence electrons. The van der Waals surface area contributed by atoms with Crippen molar-refractivity contribution in [3.63, 3.8) is 0 Å². The molecule has 0 N–H and O–H groups in total. The maximum atomic E-state index is 13.0. The van der Waals surface area contributed by atoms with Gasteiger partial charge < -0.3 is 15.0 Å². The molecule has 2 heterocycles. The second kappa shape index (κ2) is 8.77. The van der Waals surface area contributed by atoms with E-state index < -0.39 is 0 Å². The molecule has 2 aromatic carbocycles. The monoisotopic (exact) mass is 434 g/mol. The van der Waals surface area contributed by atoms with Crippen molar-refractivity contribution < 1.29 is 67.4 Å². The number of halogens is 1. The Bertz CT molecular complexity index is 931. The van der Waals surface area contributed by atoms with Crippen LogP contribution in [0.3, 0.4) is 0 Å². The summed E-state index contributed by atoms with van der Waals surface area (Å²) in [7, 11) is 1.50. The molecule has 0 atom stereocenters. The van der Waals surface area contributed by atoms with Gasteiger partial charge in [-0.05, 0) is 29.8 Å². The van der Waals surface area contributed by atoms with Gasteiger partial charge in [0.2, 0.25) is 0 Å². The third-order valence-corrected chi connectivity index (χ3v) is 4.55. The molecule has 3 aromatic rings.